The molecule has 0 saturated heterocycles. The molecule has 4 nitrogen and oxygen atoms in total. The lowest BCUT2D eigenvalue weighted by molar-refractivity contribution is 0.469. The second-order valence-corrected chi connectivity index (χ2v) is 1.95. The molecular formula is C6H5N3O. The van der Waals surface area contributed by atoms with Crippen molar-refractivity contribution >= 4 is 5.78 Å². The van der Waals surface area contributed by atoms with Gasteiger partial charge in [-0.3, -0.25) is 4.40 Å². The summed E-state index contributed by atoms with van der Waals surface area (Å²) in [5.41, 5.74) is 0. The average molecular weight is 135 g/mol. The molecule has 1 N–H and O–H groups in total. The molecule has 0 saturated carbocycles. The Hall–Kier alpha value is -1.58. The molecule has 0 aromatic carbocycles. The fourth-order valence-electron chi connectivity index (χ4n) is 0.806. The lowest BCUT2D eigenvalue weighted by atomic mass is 10.6. The molecule has 0 radical (unpaired) electrons. The Morgan fingerprint density at radius 3 is 3.20 bits per heavy atom. The topological polar surface area (TPSA) is 50.4 Å². The lowest BCUT2D eigenvalue weighted by Gasteiger charge is -1.91. The molecule has 0 unspecified atom stereocenters. The minimum atomic E-state index is 0.144. The third-order valence-corrected chi connectivity index (χ3v) is 1.23. The third-order valence-electron chi connectivity index (χ3n) is 1.23. The molecule has 50 valence electrons. The van der Waals surface area contributed by atoms with Crippen LogP contribution in [-0.2, 0) is 0 Å². The molecule has 0 aliphatic rings. The highest BCUT2D eigenvalue weighted by Crippen LogP contribution is 2.05. The van der Waals surface area contributed by atoms with E-state index in [1.165, 1.54) is 6.20 Å². The van der Waals surface area contributed by atoms with Crippen LogP contribution in [0.5, 0.6) is 5.75 Å². The van der Waals surface area contributed by atoms with Crippen molar-refractivity contribution in [3.8, 4) is 5.75 Å². The van der Waals surface area contributed by atoms with Crippen molar-refractivity contribution in [2.75, 3.05) is 0 Å². The van der Waals surface area contributed by atoms with Gasteiger partial charge >= 0.3 is 0 Å². The van der Waals surface area contributed by atoms with Crippen LogP contribution in [0.15, 0.2) is 24.8 Å². The summed E-state index contributed by atoms with van der Waals surface area (Å²) >= 11 is 0. The molecule has 0 fully saturated rings. The van der Waals surface area contributed by atoms with Gasteiger partial charge in [-0.25, -0.2) is 9.97 Å². The van der Waals surface area contributed by atoms with E-state index in [9.17, 15) is 0 Å². The fourth-order valence-corrected chi connectivity index (χ4v) is 0.806. The van der Waals surface area contributed by atoms with E-state index in [0.29, 0.717) is 5.78 Å². The van der Waals surface area contributed by atoms with Crippen molar-refractivity contribution in [3.63, 3.8) is 0 Å². The van der Waals surface area contributed by atoms with Gasteiger partial charge in [-0.05, 0) is 0 Å². The Morgan fingerprint density at radius 1 is 1.40 bits per heavy atom. The van der Waals surface area contributed by atoms with Crippen LogP contribution in [0.25, 0.3) is 5.78 Å². The van der Waals surface area contributed by atoms with E-state index in [1.54, 1.807) is 23.0 Å². The zero-order chi connectivity index (χ0) is 6.97. The molecule has 2 rings (SSSR count). The molecule has 0 aliphatic carbocycles. The predicted molar refractivity (Wildman–Crippen MR) is 34.7 cm³/mol. The maximum Gasteiger partial charge on any atom is 0.233 e. The van der Waals surface area contributed by atoms with Crippen LogP contribution in [0.1, 0.15) is 0 Å². The van der Waals surface area contributed by atoms with Crippen molar-refractivity contribution < 1.29 is 5.11 Å². The highest BCUT2D eigenvalue weighted by molar-refractivity contribution is 5.29. The Labute approximate surface area is 56.8 Å². The van der Waals surface area contributed by atoms with Gasteiger partial charge in [0.05, 0.1) is 12.4 Å². The smallest absolute Gasteiger partial charge is 0.233 e. The first-order valence-corrected chi connectivity index (χ1v) is 2.84. The van der Waals surface area contributed by atoms with Crippen molar-refractivity contribution in [1.82, 2.24) is 14.4 Å². The van der Waals surface area contributed by atoms with Gasteiger partial charge in [0, 0.05) is 12.4 Å². The maximum atomic E-state index is 8.94. The second-order valence-electron chi connectivity index (χ2n) is 1.95. The van der Waals surface area contributed by atoms with Crippen LogP contribution in [0.3, 0.4) is 0 Å². The summed E-state index contributed by atoms with van der Waals surface area (Å²) in [4.78, 5) is 7.74. The van der Waals surface area contributed by atoms with E-state index in [4.69, 9.17) is 5.11 Å². The SMILES string of the molecule is Oc1cnc2nccn2c1. The van der Waals surface area contributed by atoms with Crippen LogP contribution >= 0.6 is 0 Å². The summed E-state index contributed by atoms with van der Waals surface area (Å²) in [6.45, 7) is 0. The molecule has 2 aromatic heterocycles. The molecule has 0 bridgehead atoms. The monoisotopic (exact) mass is 135 g/mol. The quantitative estimate of drug-likeness (QED) is 0.570. The van der Waals surface area contributed by atoms with E-state index >= 15 is 0 Å². The normalized spacial score (nSPS) is 10.4. The Balaban J connectivity index is 2.86. The number of hydrogen-bond acceptors (Lipinski definition) is 3. The minimum absolute atomic E-state index is 0.144. The van der Waals surface area contributed by atoms with Crippen molar-refractivity contribution in [2.45, 2.75) is 0 Å². The van der Waals surface area contributed by atoms with Gasteiger partial charge < -0.3 is 5.11 Å². The van der Waals surface area contributed by atoms with Crippen molar-refractivity contribution in [2.24, 2.45) is 0 Å². The molecular weight excluding hydrogens is 130 g/mol. The number of fused-ring (bicyclic) bond motifs is 1. The lowest BCUT2D eigenvalue weighted by Crippen LogP contribution is -1.84. The fraction of sp³-hybridized carbons (Fsp3) is 0. The first kappa shape index (κ1) is 5.22. The minimum Gasteiger partial charge on any atom is -0.505 e. The summed E-state index contributed by atoms with van der Waals surface area (Å²) in [6, 6.07) is 0. The van der Waals surface area contributed by atoms with Gasteiger partial charge in [-0.2, -0.15) is 0 Å². The van der Waals surface area contributed by atoms with Crippen LogP contribution in [0.2, 0.25) is 0 Å². The highest BCUT2D eigenvalue weighted by Gasteiger charge is 1.93. The highest BCUT2D eigenvalue weighted by atomic mass is 16.3. The number of hydrogen-bond donors (Lipinski definition) is 1. The third kappa shape index (κ3) is 0.621. The van der Waals surface area contributed by atoms with Crippen LogP contribution in [-0.4, -0.2) is 19.5 Å². The zero-order valence-corrected chi connectivity index (χ0v) is 5.10. The van der Waals surface area contributed by atoms with Gasteiger partial charge in [-0.15, -0.1) is 0 Å². The second kappa shape index (κ2) is 1.70. The molecule has 0 spiro atoms. The molecule has 0 amide bonds. The summed E-state index contributed by atoms with van der Waals surface area (Å²) in [7, 11) is 0. The number of aromatic nitrogens is 3. The molecule has 2 heterocycles. The van der Waals surface area contributed by atoms with Crippen LogP contribution in [0, 0.1) is 0 Å². The zero-order valence-electron chi connectivity index (χ0n) is 5.10. The van der Waals surface area contributed by atoms with E-state index in [-0.39, 0.29) is 5.75 Å². The molecule has 0 aliphatic heterocycles. The Morgan fingerprint density at radius 2 is 2.30 bits per heavy atom. The van der Waals surface area contributed by atoms with Gasteiger partial charge in [0.25, 0.3) is 0 Å². The summed E-state index contributed by atoms with van der Waals surface area (Å²) in [5.74, 6) is 0.739. The van der Waals surface area contributed by atoms with Crippen LogP contribution in [0.4, 0.5) is 0 Å². The van der Waals surface area contributed by atoms with E-state index in [0.717, 1.165) is 0 Å². The van der Waals surface area contributed by atoms with Gasteiger partial charge in [0.15, 0.2) is 5.75 Å². The molecule has 2 aromatic rings. The van der Waals surface area contributed by atoms with Crippen molar-refractivity contribution in [3.05, 3.63) is 24.8 Å². The molecule has 10 heavy (non-hydrogen) atoms. The van der Waals surface area contributed by atoms with Gasteiger partial charge in [0.1, 0.15) is 0 Å². The molecule has 0 atom stereocenters. The number of rotatable bonds is 0. The first-order valence-electron chi connectivity index (χ1n) is 2.84. The standard InChI is InChI=1S/C6H5N3O/c10-5-3-8-6-7-1-2-9(6)4-5/h1-4,10H. The van der Waals surface area contributed by atoms with Gasteiger partial charge in [0.2, 0.25) is 5.78 Å². The van der Waals surface area contributed by atoms with E-state index in [1.807, 2.05) is 0 Å². The summed E-state index contributed by atoms with van der Waals surface area (Å²) < 4.78 is 1.65. The Bertz CT molecular complexity index is 355. The maximum absolute atomic E-state index is 8.94. The molecule has 4 heteroatoms. The number of nitrogens with zero attached hydrogens (tertiary/aromatic N) is 3. The van der Waals surface area contributed by atoms with E-state index < -0.39 is 0 Å². The van der Waals surface area contributed by atoms with E-state index in [2.05, 4.69) is 9.97 Å². The van der Waals surface area contributed by atoms with Crippen LogP contribution < -0.4 is 0 Å². The predicted octanol–water partition coefficient (Wildman–Crippen LogP) is 0.435. The summed E-state index contributed by atoms with van der Waals surface area (Å²) in [6.07, 6.45) is 6.27. The average Bonchev–Trinajstić information content (AvgIpc) is 2.33. The van der Waals surface area contributed by atoms with Crippen molar-refractivity contribution in [1.29, 1.82) is 0 Å². The Kier molecular flexibility index (Phi) is 0.887. The largest absolute Gasteiger partial charge is 0.505 e. The summed E-state index contributed by atoms with van der Waals surface area (Å²) in [5, 5.41) is 8.94. The number of imidazole rings is 1. The first-order chi connectivity index (χ1) is 4.86. The van der Waals surface area contributed by atoms with Gasteiger partial charge in [-0.1, -0.05) is 0 Å². The number of aromatic hydroxyl groups is 1.